The van der Waals surface area contributed by atoms with E-state index in [0.717, 1.165) is 6.42 Å². The van der Waals surface area contributed by atoms with E-state index in [2.05, 4.69) is 6.58 Å². The van der Waals surface area contributed by atoms with Crippen molar-refractivity contribution in [3.63, 3.8) is 0 Å². The van der Waals surface area contributed by atoms with Gasteiger partial charge in [-0.1, -0.05) is 37.8 Å². The van der Waals surface area contributed by atoms with Gasteiger partial charge in [-0.15, -0.1) is 6.58 Å². The Bertz CT molecular complexity index is 127. The standard InChI is InChI=1S/C12H23N/c1-2-3-4-5-6-7-8-9-10-11-12-13/h2,11-12H,1,3-10,13H2/b12-11+. The van der Waals surface area contributed by atoms with Crippen molar-refractivity contribution in [1.29, 1.82) is 0 Å². The molecule has 0 aromatic carbocycles. The van der Waals surface area contributed by atoms with Crippen LogP contribution in [0, 0.1) is 0 Å². The molecule has 0 fully saturated rings. The number of nitrogens with two attached hydrogens (primary N) is 1. The van der Waals surface area contributed by atoms with E-state index < -0.39 is 0 Å². The van der Waals surface area contributed by atoms with Crippen molar-refractivity contribution in [3.05, 3.63) is 24.9 Å². The molecule has 0 aliphatic carbocycles. The van der Waals surface area contributed by atoms with Gasteiger partial charge in [-0.2, -0.15) is 0 Å². The van der Waals surface area contributed by atoms with E-state index in [1.165, 1.54) is 44.9 Å². The van der Waals surface area contributed by atoms with Crippen molar-refractivity contribution in [3.8, 4) is 0 Å². The SMILES string of the molecule is C=CCCCCCCCC/C=C/N. The predicted molar refractivity (Wildman–Crippen MR) is 60.5 cm³/mol. The lowest BCUT2D eigenvalue weighted by atomic mass is 10.1. The molecule has 76 valence electrons. The van der Waals surface area contributed by atoms with Crippen LogP contribution in [0.5, 0.6) is 0 Å². The van der Waals surface area contributed by atoms with E-state index in [1.807, 2.05) is 12.2 Å². The molecule has 0 aromatic heterocycles. The van der Waals surface area contributed by atoms with Crippen LogP contribution in [0.2, 0.25) is 0 Å². The van der Waals surface area contributed by atoms with Crippen molar-refractivity contribution in [1.82, 2.24) is 0 Å². The van der Waals surface area contributed by atoms with Gasteiger partial charge in [0.1, 0.15) is 0 Å². The fraction of sp³-hybridized carbons (Fsp3) is 0.667. The van der Waals surface area contributed by atoms with Crippen LogP contribution in [0.4, 0.5) is 0 Å². The lowest BCUT2D eigenvalue weighted by Gasteiger charge is -1.98. The first-order valence-electron chi connectivity index (χ1n) is 5.39. The summed E-state index contributed by atoms with van der Waals surface area (Å²) in [6.07, 6.45) is 16.1. The van der Waals surface area contributed by atoms with Crippen molar-refractivity contribution >= 4 is 0 Å². The molecule has 0 amide bonds. The zero-order chi connectivity index (χ0) is 9.78. The van der Waals surface area contributed by atoms with E-state index in [0.29, 0.717) is 0 Å². The highest BCUT2D eigenvalue weighted by Gasteiger charge is 1.89. The molecule has 0 rings (SSSR count). The van der Waals surface area contributed by atoms with Gasteiger partial charge in [0.05, 0.1) is 0 Å². The summed E-state index contributed by atoms with van der Waals surface area (Å²) in [5, 5.41) is 0. The van der Waals surface area contributed by atoms with E-state index in [-0.39, 0.29) is 0 Å². The summed E-state index contributed by atoms with van der Waals surface area (Å²) in [6.45, 7) is 3.71. The fourth-order valence-corrected chi connectivity index (χ4v) is 1.35. The van der Waals surface area contributed by atoms with Crippen molar-refractivity contribution in [2.45, 2.75) is 51.4 Å². The van der Waals surface area contributed by atoms with Crippen LogP contribution in [-0.4, -0.2) is 0 Å². The molecule has 1 heteroatoms. The molecule has 0 heterocycles. The molecule has 0 aliphatic rings. The number of hydrogen-bond acceptors (Lipinski definition) is 1. The number of rotatable bonds is 9. The second-order valence-corrected chi connectivity index (χ2v) is 3.42. The van der Waals surface area contributed by atoms with E-state index in [4.69, 9.17) is 5.73 Å². The minimum Gasteiger partial charge on any atom is -0.405 e. The molecule has 0 unspecified atom stereocenters. The van der Waals surface area contributed by atoms with Gasteiger partial charge < -0.3 is 5.73 Å². The smallest absolute Gasteiger partial charge is 0.0103 e. The zero-order valence-electron chi connectivity index (χ0n) is 8.67. The summed E-state index contributed by atoms with van der Waals surface area (Å²) in [7, 11) is 0. The lowest BCUT2D eigenvalue weighted by Crippen LogP contribution is -1.80. The molecule has 0 atom stereocenters. The first kappa shape index (κ1) is 12.3. The minimum atomic E-state index is 1.14. The normalized spacial score (nSPS) is 10.8. The second kappa shape index (κ2) is 11.3. The second-order valence-electron chi connectivity index (χ2n) is 3.42. The third-order valence-electron chi connectivity index (χ3n) is 2.17. The molecule has 1 nitrogen and oxygen atoms in total. The highest BCUT2D eigenvalue weighted by Crippen LogP contribution is 2.08. The Hall–Kier alpha value is -0.720. The van der Waals surface area contributed by atoms with Crippen molar-refractivity contribution in [2.75, 3.05) is 0 Å². The first-order chi connectivity index (χ1) is 6.41. The van der Waals surface area contributed by atoms with Gasteiger partial charge in [0.25, 0.3) is 0 Å². The topological polar surface area (TPSA) is 26.0 Å². The molecule has 0 saturated heterocycles. The van der Waals surface area contributed by atoms with Crippen LogP contribution >= 0.6 is 0 Å². The maximum absolute atomic E-state index is 5.23. The molecule has 2 N–H and O–H groups in total. The largest absolute Gasteiger partial charge is 0.405 e. The van der Waals surface area contributed by atoms with Gasteiger partial charge in [-0.3, -0.25) is 0 Å². The molecule has 0 aliphatic heterocycles. The Kier molecular flexibility index (Phi) is 10.7. The Balaban J connectivity index is 2.87. The molecule has 0 spiro atoms. The number of hydrogen-bond donors (Lipinski definition) is 1. The summed E-state index contributed by atoms with van der Waals surface area (Å²) in [5.41, 5.74) is 5.23. The number of allylic oxidation sites excluding steroid dienone is 2. The molecule has 0 bridgehead atoms. The Morgan fingerprint density at radius 2 is 1.38 bits per heavy atom. The van der Waals surface area contributed by atoms with E-state index in [1.54, 1.807) is 6.20 Å². The molecule has 13 heavy (non-hydrogen) atoms. The van der Waals surface area contributed by atoms with Crippen LogP contribution in [0.25, 0.3) is 0 Å². The van der Waals surface area contributed by atoms with Crippen molar-refractivity contribution in [2.24, 2.45) is 5.73 Å². The van der Waals surface area contributed by atoms with Crippen LogP contribution in [0.1, 0.15) is 51.4 Å². The van der Waals surface area contributed by atoms with Gasteiger partial charge in [0, 0.05) is 0 Å². The molecule has 0 saturated carbocycles. The third kappa shape index (κ3) is 11.3. The van der Waals surface area contributed by atoms with Crippen molar-refractivity contribution < 1.29 is 0 Å². The first-order valence-corrected chi connectivity index (χ1v) is 5.39. The molecular weight excluding hydrogens is 158 g/mol. The average molecular weight is 181 g/mol. The fourth-order valence-electron chi connectivity index (χ4n) is 1.35. The molecular formula is C12H23N. The Labute approximate surface area is 82.7 Å². The third-order valence-corrected chi connectivity index (χ3v) is 2.17. The van der Waals surface area contributed by atoms with Gasteiger partial charge in [0.2, 0.25) is 0 Å². The Morgan fingerprint density at radius 1 is 0.846 bits per heavy atom. The van der Waals surface area contributed by atoms with Crippen LogP contribution in [-0.2, 0) is 0 Å². The minimum absolute atomic E-state index is 1.14. The van der Waals surface area contributed by atoms with Gasteiger partial charge in [-0.05, 0) is 31.9 Å². The summed E-state index contributed by atoms with van der Waals surface area (Å²) in [5.74, 6) is 0. The van der Waals surface area contributed by atoms with Crippen LogP contribution in [0.15, 0.2) is 24.9 Å². The molecule has 0 radical (unpaired) electrons. The predicted octanol–water partition coefficient (Wildman–Crippen LogP) is 3.77. The maximum atomic E-state index is 5.23. The van der Waals surface area contributed by atoms with E-state index >= 15 is 0 Å². The van der Waals surface area contributed by atoms with Crippen LogP contribution in [0.3, 0.4) is 0 Å². The van der Waals surface area contributed by atoms with E-state index in [9.17, 15) is 0 Å². The summed E-state index contributed by atoms with van der Waals surface area (Å²) in [6, 6.07) is 0. The number of unbranched alkanes of at least 4 members (excludes halogenated alkanes) is 7. The quantitative estimate of drug-likeness (QED) is 0.425. The average Bonchev–Trinajstić information content (AvgIpc) is 2.16. The summed E-state index contributed by atoms with van der Waals surface area (Å²) in [4.78, 5) is 0. The molecule has 0 aromatic rings. The van der Waals surface area contributed by atoms with Gasteiger partial charge >= 0.3 is 0 Å². The monoisotopic (exact) mass is 181 g/mol. The zero-order valence-corrected chi connectivity index (χ0v) is 8.67. The highest BCUT2D eigenvalue weighted by atomic mass is 14.5. The van der Waals surface area contributed by atoms with Gasteiger partial charge in [-0.25, -0.2) is 0 Å². The van der Waals surface area contributed by atoms with Gasteiger partial charge in [0.15, 0.2) is 0 Å². The summed E-state index contributed by atoms with van der Waals surface area (Å²) < 4.78 is 0. The van der Waals surface area contributed by atoms with Crippen LogP contribution < -0.4 is 5.73 Å². The lowest BCUT2D eigenvalue weighted by molar-refractivity contribution is 0.600. The summed E-state index contributed by atoms with van der Waals surface area (Å²) >= 11 is 0. The highest BCUT2D eigenvalue weighted by molar-refractivity contribution is 4.74. The Morgan fingerprint density at radius 3 is 1.92 bits per heavy atom. The maximum Gasteiger partial charge on any atom is -0.0103 e.